The molecule has 3 nitrogen and oxygen atoms in total. The monoisotopic (exact) mass is 232 g/mol. The van der Waals surface area contributed by atoms with Crippen molar-refractivity contribution >= 4 is 5.91 Å². The van der Waals surface area contributed by atoms with Crippen LogP contribution in [0.5, 0.6) is 0 Å². The van der Waals surface area contributed by atoms with E-state index in [2.05, 4.69) is 38.2 Å². The molecule has 0 rings (SSSR count). The van der Waals surface area contributed by atoms with Crippen molar-refractivity contribution in [2.45, 2.75) is 47.5 Å². The van der Waals surface area contributed by atoms with Crippen LogP contribution in [-0.4, -0.2) is 38.5 Å². The van der Waals surface area contributed by atoms with Crippen molar-refractivity contribution < 1.29 is 4.79 Å². The summed E-state index contributed by atoms with van der Waals surface area (Å²) in [5.74, 6) is 0.944. The zero-order valence-corrected chi connectivity index (χ0v) is 12.6. The average molecular weight is 232 g/mol. The molecule has 0 spiro atoms. The minimum atomic E-state index is 0.0926. The number of hydrogen-bond donors (Lipinski definition) is 1. The molecular weight excluding hydrogens is 200 g/mol. The van der Waals surface area contributed by atoms with Gasteiger partial charge in [-0.05, 0) is 20.0 Å². The van der Waals surface area contributed by atoms with E-state index in [0.717, 1.165) is 5.92 Å². The molecule has 16 heavy (non-hydrogen) atoms. The second-order valence-corrected chi connectivity index (χ2v) is 3.80. The molecule has 0 aliphatic carbocycles. The Labute approximate surface area is 103 Å². The van der Waals surface area contributed by atoms with Crippen molar-refractivity contribution in [2.24, 2.45) is 5.92 Å². The second-order valence-electron chi connectivity index (χ2n) is 3.80. The molecule has 0 bridgehead atoms. The van der Waals surface area contributed by atoms with Crippen LogP contribution in [0.15, 0.2) is 0 Å². The molecular formula is C13H32N2O. The Bertz CT molecular complexity index is 130. The Morgan fingerprint density at radius 1 is 1.25 bits per heavy atom. The Morgan fingerprint density at radius 3 is 1.75 bits per heavy atom. The van der Waals surface area contributed by atoms with Gasteiger partial charge in [-0.3, -0.25) is 4.79 Å². The first-order valence-corrected chi connectivity index (χ1v) is 6.33. The van der Waals surface area contributed by atoms with Crippen LogP contribution >= 0.6 is 0 Å². The van der Waals surface area contributed by atoms with Crippen LogP contribution in [0.3, 0.4) is 0 Å². The molecule has 0 aromatic rings. The lowest BCUT2D eigenvalue weighted by atomic mass is 10.1. The van der Waals surface area contributed by atoms with Crippen LogP contribution in [-0.2, 0) is 4.79 Å². The predicted octanol–water partition coefficient (Wildman–Crippen LogP) is 2.76. The first-order chi connectivity index (χ1) is 7.47. The van der Waals surface area contributed by atoms with E-state index in [9.17, 15) is 4.79 Å². The third-order valence-corrected chi connectivity index (χ3v) is 1.97. The maximum absolute atomic E-state index is 10.1. The van der Waals surface area contributed by atoms with Crippen molar-refractivity contribution in [1.29, 1.82) is 0 Å². The summed E-state index contributed by atoms with van der Waals surface area (Å²) < 4.78 is 0. The molecule has 0 fully saturated rings. The lowest BCUT2D eigenvalue weighted by Crippen LogP contribution is -2.18. The Balaban J connectivity index is -0.000000188. The molecule has 0 aliphatic rings. The zero-order chi connectivity index (χ0) is 13.6. The molecule has 0 saturated carbocycles. The summed E-state index contributed by atoms with van der Waals surface area (Å²) in [6.45, 7) is 11.5. The van der Waals surface area contributed by atoms with Crippen LogP contribution in [0.1, 0.15) is 47.5 Å². The van der Waals surface area contributed by atoms with Gasteiger partial charge in [-0.2, -0.15) is 0 Å². The Hall–Kier alpha value is -0.570. The zero-order valence-electron chi connectivity index (χ0n) is 12.6. The van der Waals surface area contributed by atoms with Gasteiger partial charge in [0.25, 0.3) is 0 Å². The van der Waals surface area contributed by atoms with E-state index in [1.165, 1.54) is 13.0 Å². The average Bonchev–Trinajstić information content (AvgIpc) is 2.30. The van der Waals surface area contributed by atoms with Crippen molar-refractivity contribution in [2.75, 3.05) is 27.7 Å². The van der Waals surface area contributed by atoms with Crippen LogP contribution in [0.25, 0.3) is 0 Å². The van der Waals surface area contributed by atoms with Gasteiger partial charge in [0.1, 0.15) is 0 Å². The number of carbonyl (C=O) groups is 1. The van der Waals surface area contributed by atoms with E-state index >= 15 is 0 Å². The topological polar surface area (TPSA) is 32.3 Å². The number of rotatable bonds is 4. The highest BCUT2D eigenvalue weighted by molar-refractivity contribution is 5.74. The molecule has 0 aromatic heterocycles. The summed E-state index contributed by atoms with van der Waals surface area (Å²) in [6.07, 6.45) is 1.87. The highest BCUT2D eigenvalue weighted by atomic mass is 16.1. The Kier molecular flexibility index (Phi) is 21.9. The van der Waals surface area contributed by atoms with Crippen molar-refractivity contribution in [3.05, 3.63) is 0 Å². The molecule has 0 aromatic carbocycles. The van der Waals surface area contributed by atoms with Crippen molar-refractivity contribution in [3.8, 4) is 0 Å². The van der Waals surface area contributed by atoms with Gasteiger partial charge in [-0.25, -0.2) is 0 Å². The first-order valence-electron chi connectivity index (χ1n) is 6.33. The summed E-state index contributed by atoms with van der Waals surface area (Å²) in [5, 5.41) is 2.48. The molecule has 1 N–H and O–H groups in total. The van der Waals surface area contributed by atoms with Crippen molar-refractivity contribution in [3.63, 3.8) is 0 Å². The van der Waals surface area contributed by atoms with E-state index in [1.807, 2.05) is 20.8 Å². The quantitative estimate of drug-likeness (QED) is 0.808. The van der Waals surface area contributed by atoms with Gasteiger partial charge in [-0.15, -0.1) is 0 Å². The van der Waals surface area contributed by atoms with Gasteiger partial charge < -0.3 is 10.2 Å². The van der Waals surface area contributed by atoms with Gasteiger partial charge in [0, 0.05) is 20.0 Å². The molecule has 1 unspecified atom stereocenters. The lowest BCUT2D eigenvalue weighted by molar-refractivity contribution is -0.120. The summed E-state index contributed by atoms with van der Waals surface area (Å²) in [7, 11) is 5.87. The Morgan fingerprint density at radius 2 is 1.69 bits per heavy atom. The molecule has 1 amide bonds. The smallest absolute Gasteiger partial charge is 0.219 e. The highest BCUT2D eigenvalue weighted by Gasteiger charge is 1.97. The normalized spacial score (nSPS) is 10.6. The van der Waals surface area contributed by atoms with Crippen LogP contribution < -0.4 is 5.32 Å². The minimum absolute atomic E-state index is 0.0926. The maximum Gasteiger partial charge on any atom is 0.219 e. The van der Waals surface area contributed by atoms with Crippen LogP contribution in [0, 0.1) is 5.92 Å². The van der Waals surface area contributed by atoms with E-state index in [0.29, 0.717) is 6.42 Å². The summed E-state index contributed by atoms with van der Waals surface area (Å²) in [4.78, 5) is 12.3. The fourth-order valence-electron chi connectivity index (χ4n) is 0.929. The third-order valence-electron chi connectivity index (χ3n) is 1.97. The molecule has 100 valence electrons. The molecule has 0 saturated heterocycles. The van der Waals surface area contributed by atoms with E-state index in [-0.39, 0.29) is 5.91 Å². The predicted molar refractivity (Wildman–Crippen MR) is 73.7 cm³/mol. The van der Waals surface area contributed by atoms with Gasteiger partial charge in [-0.1, -0.05) is 41.0 Å². The standard InChI is InChI=1S/C7H17N.C4H9NO.C2H6/c1-5-7(2)6-8(3)4;1-3-4(6)5-2;1-2/h7H,5-6H2,1-4H3;3H2,1-2H3,(H,5,6);1-2H3. The summed E-state index contributed by atoms with van der Waals surface area (Å²) in [5.41, 5.74) is 0. The van der Waals surface area contributed by atoms with Crippen LogP contribution in [0.4, 0.5) is 0 Å². The van der Waals surface area contributed by atoms with E-state index in [1.54, 1.807) is 7.05 Å². The number of nitrogens with zero attached hydrogens (tertiary/aromatic N) is 1. The number of hydrogen-bond acceptors (Lipinski definition) is 2. The number of carbonyl (C=O) groups excluding carboxylic acids is 1. The third kappa shape index (κ3) is 23.3. The fraction of sp³-hybridized carbons (Fsp3) is 0.923. The maximum atomic E-state index is 10.1. The van der Waals surface area contributed by atoms with Gasteiger partial charge in [0.05, 0.1) is 0 Å². The van der Waals surface area contributed by atoms with E-state index < -0.39 is 0 Å². The minimum Gasteiger partial charge on any atom is -0.359 e. The number of amides is 1. The molecule has 0 aliphatic heterocycles. The molecule has 1 atom stereocenters. The van der Waals surface area contributed by atoms with Gasteiger partial charge in [0.15, 0.2) is 0 Å². The van der Waals surface area contributed by atoms with Crippen LogP contribution in [0.2, 0.25) is 0 Å². The lowest BCUT2D eigenvalue weighted by Gasteiger charge is -2.13. The molecule has 0 heterocycles. The largest absolute Gasteiger partial charge is 0.359 e. The summed E-state index contributed by atoms with van der Waals surface area (Å²) in [6, 6.07) is 0. The summed E-state index contributed by atoms with van der Waals surface area (Å²) >= 11 is 0. The molecule has 3 heteroatoms. The number of nitrogens with one attached hydrogen (secondary N) is 1. The molecule has 0 radical (unpaired) electrons. The van der Waals surface area contributed by atoms with E-state index in [4.69, 9.17) is 0 Å². The highest BCUT2D eigenvalue weighted by Crippen LogP contribution is 1.99. The van der Waals surface area contributed by atoms with Gasteiger partial charge >= 0.3 is 0 Å². The first kappa shape index (κ1) is 20.8. The second kappa shape index (κ2) is 16.8. The van der Waals surface area contributed by atoms with Crippen molar-refractivity contribution in [1.82, 2.24) is 10.2 Å². The fourth-order valence-corrected chi connectivity index (χ4v) is 0.929. The van der Waals surface area contributed by atoms with Gasteiger partial charge in [0.2, 0.25) is 5.91 Å². The SMILES string of the molecule is CC.CCC(=O)NC.CCC(C)CN(C)C.